The summed E-state index contributed by atoms with van der Waals surface area (Å²) in [6.07, 6.45) is 0. The molecular weight excluding hydrogens is 690 g/mol. The molecule has 0 bridgehead atoms. The number of anilines is 1. The van der Waals surface area contributed by atoms with E-state index in [0.29, 0.717) is 21.5 Å². The molecule has 1 aromatic heterocycles. The molecule has 5 rings (SSSR count). The molecule has 2 N–H and O–H groups in total. The summed E-state index contributed by atoms with van der Waals surface area (Å²) < 4.78 is 9.00. The van der Waals surface area contributed by atoms with E-state index in [1.54, 1.807) is 17.4 Å². The number of carbonyl (C=O) groups excluding carboxylic acids is 1. The van der Waals surface area contributed by atoms with Gasteiger partial charge in [0, 0.05) is 14.5 Å². The van der Waals surface area contributed by atoms with Gasteiger partial charge in [-0.3, -0.25) is 10.1 Å². The molecule has 0 saturated heterocycles. The number of benzene rings is 4. The number of ether oxygens (including phenoxy) is 1. The average Bonchev–Trinajstić information content (AvgIpc) is 3.29. The molecule has 0 radical (unpaired) electrons. The molecular formula is C26H16Br3N3O2S2. The topological polar surface area (TPSA) is 63.2 Å². The number of hydrogen-bond acceptors (Lipinski definition) is 5. The number of amides is 1. The SMILES string of the molecule is COc1c(C(=O)NC(=S)Nc2c(Br)cc(Br)cc2-c2nc3ccccc3s2)cc2ccccc2c1Br. The Labute approximate surface area is 241 Å². The van der Waals surface area contributed by atoms with Crippen LogP contribution in [0.15, 0.2) is 80.1 Å². The number of halogens is 3. The predicted molar refractivity (Wildman–Crippen MR) is 162 cm³/mol. The molecule has 10 heteroatoms. The van der Waals surface area contributed by atoms with Crippen LogP contribution in [0.5, 0.6) is 5.75 Å². The van der Waals surface area contributed by atoms with Gasteiger partial charge >= 0.3 is 0 Å². The van der Waals surface area contributed by atoms with Gasteiger partial charge in [-0.2, -0.15) is 0 Å². The maximum Gasteiger partial charge on any atom is 0.261 e. The molecule has 0 aliphatic carbocycles. The summed E-state index contributed by atoms with van der Waals surface area (Å²) >= 11 is 17.9. The third-order valence-electron chi connectivity index (χ3n) is 5.43. The molecule has 0 aliphatic heterocycles. The first kappa shape index (κ1) is 25.3. The number of aromatic nitrogens is 1. The lowest BCUT2D eigenvalue weighted by Crippen LogP contribution is -2.34. The Morgan fingerprint density at radius 2 is 1.78 bits per heavy atom. The quantitative estimate of drug-likeness (QED) is 0.184. The van der Waals surface area contributed by atoms with Crippen molar-refractivity contribution < 1.29 is 9.53 Å². The minimum absolute atomic E-state index is 0.150. The van der Waals surface area contributed by atoms with Gasteiger partial charge in [-0.1, -0.05) is 52.3 Å². The van der Waals surface area contributed by atoms with Crippen molar-refractivity contribution in [2.45, 2.75) is 0 Å². The summed E-state index contributed by atoms with van der Waals surface area (Å²) in [5.41, 5.74) is 2.84. The number of thiocarbonyl (C=S) groups is 1. The van der Waals surface area contributed by atoms with Crippen molar-refractivity contribution in [1.29, 1.82) is 0 Å². The Balaban J connectivity index is 1.46. The molecule has 180 valence electrons. The van der Waals surface area contributed by atoms with Crippen molar-refractivity contribution >= 4 is 109 Å². The number of nitrogens with zero attached hydrogens (tertiary/aromatic N) is 1. The highest BCUT2D eigenvalue weighted by molar-refractivity contribution is 9.11. The maximum absolute atomic E-state index is 13.3. The van der Waals surface area contributed by atoms with E-state index in [4.69, 9.17) is 21.9 Å². The Morgan fingerprint density at radius 1 is 1.03 bits per heavy atom. The molecule has 1 amide bonds. The van der Waals surface area contributed by atoms with Crippen molar-refractivity contribution in [3.8, 4) is 16.3 Å². The zero-order chi connectivity index (χ0) is 25.4. The van der Waals surface area contributed by atoms with E-state index >= 15 is 0 Å². The van der Waals surface area contributed by atoms with Gasteiger partial charge in [0.05, 0.1) is 33.0 Å². The lowest BCUT2D eigenvalue weighted by Gasteiger charge is -2.16. The van der Waals surface area contributed by atoms with Crippen LogP contribution in [0, 0.1) is 0 Å². The highest BCUT2D eigenvalue weighted by Crippen LogP contribution is 2.41. The second-order valence-corrected chi connectivity index (χ2v) is 11.7. The maximum atomic E-state index is 13.3. The average molecular weight is 706 g/mol. The molecule has 0 atom stereocenters. The van der Waals surface area contributed by atoms with Crippen molar-refractivity contribution in [1.82, 2.24) is 10.3 Å². The van der Waals surface area contributed by atoms with Crippen molar-refractivity contribution in [3.05, 3.63) is 85.7 Å². The summed E-state index contributed by atoms with van der Waals surface area (Å²) in [5, 5.41) is 8.81. The number of fused-ring (bicyclic) bond motifs is 2. The molecule has 0 saturated carbocycles. The third-order valence-corrected chi connectivity index (χ3v) is 8.58. The number of rotatable bonds is 4. The van der Waals surface area contributed by atoms with Gasteiger partial charge in [0.15, 0.2) is 5.11 Å². The van der Waals surface area contributed by atoms with Crippen LogP contribution in [0.1, 0.15) is 10.4 Å². The van der Waals surface area contributed by atoms with E-state index in [9.17, 15) is 4.79 Å². The fourth-order valence-corrected chi connectivity index (χ4v) is 7.07. The van der Waals surface area contributed by atoms with E-state index < -0.39 is 0 Å². The zero-order valence-corrected chi connectivity index (χ0v) is 25.0. The Bertz CT molecular complexity index is 1640. The Kier molecular flexibility index (Phi) is 7.41. The largest absolute Gasteiger partial charge is 0.495 e. The lowest BCUT2D eigenvalue weighted by atomic mass is 10.1. The molecule has 4 aromatic carbocycles. The van der Waals surface area contributed by atoms with E-state index in [1.165, 1.54) is 7.11 Å². The standard InChI is InChI=1S/C26H16Br3N3O2S2/c1-34-23-17(10-13-6-2-3-7-15(13)21(23)29)24(33)32-26(35)31-22-16(11-14(27)12-18(22)28)25-30-19-8-4-5-9-20(19)36-25/h2-12H,1H3,(H2,31,32,33,35). The van der Waals surface area contributed by atoms with E-state index in [1.807, 2.05) is 60.7 Å². The van der Waals surface area contributed by atoms with E-state index in [2.05, 4.69) is 58.4 Å². The van der Waals surface area contributed by atoms with Gasteiger partial charge in [0.25, 0.3) is 5.91 Å². The predicted octanol–water partition coefficient (Wildman–Crippen LogP) is 8.54. The van der Waals surface area contributed by atoms with Crippen LogP contribution in [0.2, 0.25) is 0 Å². The summed E-state index contributed by atoms with van der Waals surface area (Å²) in [5.74, 6) is 0.0551. The van der Waals surface area contributed by atoms with Gasteiger partial charge < -0.3 is 10.1 Å². The highest BCUT2D eigenvalue weighted by atomic mass is 79.9. The third kappa shape index (κ3) is 4.92. The summed E-state index contributed by atoms with van der Waals surface area (Å²) in [6, 6.07) is 21.4. The van der Waals surface area contributed by atoms with Gasteiger partial charge in [-0.05, 0) is 85.2 Å². The highest BCUT2D eigenvalue weighted by Gasteiger charge is 2.21. The van der Waals surface area contributed by atoms with Crippen LogP contribution in [0.25, 0.3) is 31.6 Å². The van der Waals surface area contributed by atoms with Crippen LogP contribution >= 0.6 is 71.3 Å². The van der Waals surface area contributed by atoms with Crippen molar-refractivity contribution in [2.75, 3.05) is 12.4 Å². The van der Waals surface area contributed by atoms with Crippen LogP contribution in [-0.2, 0) is 0 Å². The smallest absolute Gasteiger partial charge is 0.261 e. The van der Waals surface area contributed by atoms with Crippen molar-refractivity contribution in [3.63, 3.8) is 0 Å². The van der Waals surface area contributed by atoms with Gasteiger partial charge in [-0.25, -0.2) is 4.98 Å². The monoisotopic (exact) mass is 703 g/mol. The van der Waals surface area contributed by atoms with Gasteiger partial charge in [0.2, 0.25) is 0 Å². The molecule has 0 unspecified atom stereocenters. The molecule has 0 spiro atoms. The normalized spacial score (nSPS) is 11.0. The Morgan fingerprint density at radius 3 is 2.56 bits per heavy atom. The number of nitrogens with one attached hydrogen (secondary N) is 2. The molecule has 0 aliphatic rings. The summed E-state index contributed by atoms with van der Waals surface area (Å²) in [6.45, 7) is 0. The first-order valence-corrected chi connectivity index (χ1v) is 14.2. The van der Waals surface area contributed by atoms with Crippen LogP contribution in [-0.4, -0.2) is 23.1 Å². The van der Waals surface area contributed by atoms with Crippen LogP contribution in [0.3, 0.4) is 0 Å². The van der Waals surface area contributed by atoms with Crippen molar-refractivity contribution in [2.24, 2.45) is 0 Å². The first-order valence-electron chi connectivity index (χ1n) is 10.6. The molecule has 0 fully saturated rings. The second-order valence-electron chi connectivity index (χ2n) is 7.70. The fraction of sp³-hybridized carbons (Fsp3) is 0.0385. The number of methoxy groups -OCH3 is 1. The van der Waals surface area contributed by atoms with Gasteiger partial charge in [0.1, 0.15) is 10.8 Å². The minimum atomic E-state index is -0.384. The molecule has 1 heterocycles. The molecule has 36 heavy (non-hydrogen) atoms. The molecule has 5 nitrogen and oxygen atoms in total. The number of para-hydroxylation sites is 1. The summed E-state index contributed by atoms with van der Waals surface area (Å²) in [7, 11) is 1.53. The van der Waals surface area contributed by atoms with Gasteiger partial charge in [-0.15, -0.1) is 11.3 Å². The fourth-order valence-electron chi connectivity index (χ4n) is 3.82. The summed E-state index contributed by atoms with van der Waals surface area (Å²) in [4.78, 5) is 18.1. The van der Waals surface area contributed by atoms with Crippen LogP contribution < -0.4 is 15.4 Å². The van der Waals surface area contributed by atoms with Crippen LogP contribution in [0.4, 0.5) is 5.69 Å². The number of carbonyl (C=O) groups is 1. The first-order chi connectivity index (χ1) is 17.4. The Hall–Kier alpha value is -2.37. The van der Waals surface area contributed by atoms with E-state index in [-0.39, 0.29) is 11.0 Å². The minimum Gasteiger partial charge on any atom is -0.495 e. The number of thiazole rings is 1. The second kappa shape index (κ2) is 10.5. The van der Waals surface area contributed by atoms with E-state index in [0.717, 1.165) is 40.5 Å². The number of hydrogen-bond donors (Lipinski definition) is 2. The zero-order valence-electron chi connectivity index (χ0n) is 18.6. The molecule has 5 aromatic rings. The lowest BCUT2D eigenvalue weighted by molar-refractivity contribution is 0.0975.